The normalized spacial score (nSPS) is 23.4. The lowest BCUT2D eigenvalue weighted by atomic mass is 9.38. The maximum Gasteiger partial charge on any atom is 0.258 e. The van der Waals surface area contributed by atoms with Gasteiger partial charge in [-0.1, -0.05) is 23.2 Å². The molecule has 5 rings (SSSR count). The molecule has 5 nitrogen and oxygen atoms in total. The molecule has 0 unspecified atom stereocenters. The van der Waals surface area contributed by atoms with Crippen molar-refractivity contribution in [2.24, 2.45) is 5.41 Å². The summed E-state index contributed by atoms with van der Waals surface area (Å²) in [6.07, 6.45) is 2.75. The number of hydrogen-bond acceptors (Lipinski definition) is 4. The molecule has 0 radical (unpaired) electrons. The minimum atomic E-state index is -0.597. The molecule has 3 saturated carbocycles. The Kier molecular flexibility index (Phi) is 6.38. The highest BCUT2D eigenvalue weighted by Crippen LogP contribution is 2.68. The van der Waals surface area contributed by atoms with Crippen LogP contribution in [0.4, 0.5) is 4.39 Å². The number of amides is 1. The summed E-state index contributed by atoms with van der Waals surface area (Å²) in [6.45, 7) is -0.188. The summed E-state index contributed by atoms with van der Waals surface area (Å²) in [6, 6.07) is 9.30. The third kappa shape index (κ3) is 5.09. The van der Waals surface area contributed by atoms with Gasteiger partial charge >= 0.3 is 0 Å². The Bertz CT molecular complexity index is 949. The van der Waals surface area contributed by atoms with E-state index >= 15 is 0 Å². The SMILES string of the molecule is O=C(COc1ccc(Cl)c(I)c1)CC12CC(NC(=O)COc3ccc(Cl)c(F)c3)(C1)C2. The Morgan fingerprint density at radius 3 is 2.26 bits per heavy atom. The van der Waals surface area contributed by atoms with Crippen molar-refractivity contribution in [3.63, 3.8) is 0 Å². The van der Waals surface area contributed by atoms with Crippen LogP contribution in [0.5, 0.6) is 11.5 Å². The van der Waals surface area contributed by atoms with E-state index in [1.807, 2.05) is 0 Å². The van der Waals surface area contributed by atoms with Gasteiger partial charge in [0.05, 0.1) is 10.0 Å². The molecule has 3 fully saturated rings. The summed E-state index contributed by atoms with van der Waals surface area (Å²) in [5.74, 6) is 0.0323. The van der Waals surface area contributed by atoms with Crippen molar-refractivity contribution in [3.8, 4) is 11.5 Å². The van der Waals surface area contributed by atoms with E-state index in [1.165, 1.54) is 12.1 Å². The van der Waals surface area contributed by atoms with Crippen molar-refractivity contribution in [1.29, 1.82) is 0 Å². The van der Waals surface area contributed by atoms with E-state index in [4.69, 9.17) is 32.7 Å². The molecule has 3 aliphatic rings. The fourth-order valence-corrected chi connectivity index (χ4v) is 5.29. The number of hydrogen-bond donors (Lipinski definition) is 1. The van der Waals surface area contributed by atoms with E-state index < -0.39 is 5.82 Å². The van der Waals surface area contributed by atoms with Crippen LogP contribution in [0.3, 0.4) is 0 Å². The highest BCUT2D eigenvalue weighted by molar-refractivity contribution is 14.1. The van der Waals surface area contributed by atoms with Crippen LogP contribution in [-0.2, 0) is 9.59 Å². The number of ketones is 1. The minimum absolute atomic E-state index is 0.00108. The molecule has 31 heavy (non-hydrogen) atoms. The highest BCUT2D eigenvalue weighted by atomic mass is 127. The molecule has 0 atom stereocenters. The highest BCUT2D eigenvalue weighted by Gasteiger charge is 2.68. The van der Waals surface area contributed by atoms with Crippen LogP contribution in [0.25, 0.3) is 0 Å². The zero-order valence-corrected chi connectivity index (χ0v) is 20.0. The van der Waals surface area contributed by atoms with Gasteiger partial charge in [0.2, 0.25) is 0 Å². The second kappa shape index (κ2) is 8.75. The molecule has 0 saturated heterocycles. The van der Waals surface area contributed by atoms with Gasteiger partial charge in [-0.2, -0.15) is 0 Å². The van der Waals surface area contributed by atoms with Gasteiger partial charge in [0.25, 0.3) is 5.91 Å². The molecule has 164 valence electrons. The van der Waals surface area contributed by atoms with Gasteiger partial charge < -0.3 is 14.8 Å². The first kappa shape index (κ1) is 22.6. The van der Waals surface area contributed by atoms with Gasteiger partial charge in [-0.3, -0.25) is 9.59 Å². The van der Waals surface area contributed by atoms with E-state index in [0.717, 1.165) is 28.9 Å². The zero-order valence-electron chi connectivity index (χ0n) is 16.4. The Labute approximate surface area is 202 Å². The average Bonchev–Trinajstić information content (AvgIpc) is 2.67. The Morgan fingerprint density at radius 2 is 1.61 bits per heavy atom. The van der Waals surface area contributed by atoms with E-state index in [-0.39, 0.29) is 46.6 Å². The fraction of sp³-hybridized carbons (Fsp3) is 0.364. The smallest absolute Gasteiger partial charge is 0.258 e. The van der Waals surface area contributed by atoms with Crippen molar-refractivity contribution in [1.82, 2.24) is 5.32 Å². The molecule has 0 aromatic heterocycles. The molecule has 0 aliphatic heterocycles. The van der Waals surface area contributed by atoms with Gasteiger partial charge in [-0.25, -0.2) is 4.39 Å². The van der Waals surface area contributed by atoms with Crippen molar-refractivity contribution >= 4 is 57.5 Å². The van der Waals surface area contributed by atoms with Crippen molar-refractivity contribution in [3.05, 3.63) is 55.8 Å². The molecule has 1 amide bonds. The predicted molar refractivity (Wildman–Crippen MR) is 123 cm³/mol. The summed E-state index contributed by atoms with van der Waals surface area (Å²) in [4.78, 5) is 24.5. The van der Waals surface area contributed by atoms with Crippen LogP contribution in [0.1, 0.15) is 25.7 Å². The monoisotopic (exact) mass is 577 g/mol. The van der Waals surface area contributed by atoms with E-state index in [2.05, 4.69) is 27.9 Å². The Morgan fingerprint density at radius 1 is 1.00 bits per heavy atom. The number of carbonyl (C=O) groups excluding carboxylic acids is 2. The first-order chi connectivity index (χ1) is 14.7. The molecule has 1 N–H and O–H groups in total. The Balaban J connectivity index is 1.17. The molecular formula is C22H19Cl2FINO4. The van der Waals surface area contributed by atoms with Gasteiger partial charge in [0.15, 0.2) is 12.4 Å². The summed E-state index contributed by atoms with van der Waals surface area (Å²) in [5, 5.41) is 3.63. The standard InChI is InChI=1S/C22H19Cl2FINO4/c23-16-3-1-14(5-18(16)25)31-9-20(29)27-22-10-21(11-22,12-22)7-13(28)8-30-15-2-4-17(24)19(26)6-15/h1-6H,7-12H2,(H,27,29). The van der Waals surface area contributed by atoms with Gasteiger partial charge in [0, 0.05) is 21.6 Å². The molecule has 0 spiro atoms. The van der Waals surface area contributed by atoms with Crippen LogP contribution in [0, 0.1) is 14.8 Å². The van der Waals surface area contributed by atoms with Crippen LogP contribution in [0.2, 0.25) is 10.0 Å². The molecule has 2 aromatic carbocycles. The predicted octanol–water partition coefficient (Wildman–Crippen LogP) is 5.19. The van der Waals surface area contributed by atoms with Crippen LogP contribution < -0.4 is 14.8 Å². The second-order valence-corrected chi connectivity index (χ2v) is 10.3. The maximum atomic E-state index is 13.4. The third-order valence-electron chi connectivity index (χ3n) is 5.67. The minimum Gasteiger partial charge on any atom is -0.486 e. The van der Waals surface area contributed by atoms with E-state index in [9.17, 15) is 14.0 Å². The maximum absolute atomic E-state index is 13.4. The average molecular weight is 578 g/mol. The first-order valence-corrected chi connectivity index (χ1v) is 11.5. The summed E-state index contributed by atoms with van der Waals surface area (Å²) < 4.78 is 25.2. The van der Waals surface area contributed by atoms with E-state index in [0.29, 0.717) is 17.2 Å². The first-order valence-electron chi connectivity index (χ1n) is 9.66. The lowest BCUT2D eigenvalue weighted by Crippen LogP contribution is -2.75. The molecule has 2 aromatic rings. The lowest BCUT2D eigenvalue weighted by molar-refractivity contribution is -0.173. The molecule has 2 bridgehead atoms. The summed E-state index contributed by atoms with van der Waals surface area (Å²) in [5.41, 5.74) is -0.290. The number of Topliss-reactive ketones (excluding diaryl/α,β-unsaturated/α-hetero) is 1. The number of rotatable bonds is 9. The summed E-state index contributed by atoms with van der Waals surface area (Å²) >= 11 is 13.7. The largest absolute Gasteiger partial charge is 0.486 e. The quantitative estimate of drug-likeness (QED) is 0.417. The van der Waals surface area contributed by atoms with Crippen molar-refractivity contribution in [2.45, 2.75) is 31.2 Å². The van der Waals surface area contributed by atoms with Crippen molar-refractivity contribution < 1.29 is 23.5 Å². The van der Waals surface area contributed by atoms with Crippen LogP contribution >= 0.6 is 45.8 Å². The number of carbonyl (C=O) groups is 2. The number of ether oxygens (including phenoxy) is 2. The van der Waals surface area contributed by atoms with Crippen LogP contribution in [0.15, 0.2) is 36.4 Å². The van der Waals surface area contributed by atoms with E-state index in [1.54, 1.807) is 18.2 Å². The van der Waals surface area contributed by atoms with Gasteiger partial charge in [-0.15, -0.1) is 0 Å². The molecule has 9 heteroatoms. The molecule has 0 heterocycles. The van der Waals surface area contributed by atoms with Gasteiger partial charge in [-0.05, 0) is 77.6 Å². The Hall–Kier alpha value is -1.58. The summed E-state index contributed by atoms with van der Waals surface area (Å²) in [7, 11) is 0. The topological polar surface area (TPSA) is 64.6 Å². The molecular weight excluding hydrogens is 559 g/mol. The second-order valence-electron chi connectivity index (χ2n) is 8.30. The molecule has 3 aliphatic carbocycles. The van der Waals surface area contributed by atoms with Crippen molar-refractivity contribution in [2.75, 3.05) is 13.2 Å². The van der Waals surface area contributed by atoms with Crippen LogP contribution in [-0.4, -0.2) is 30.4 Å². The lowest BCUT2D eigenvalue weighted by Gasteiger charge is -2.70. The fourth-order valence-electron chi connectivity index (χ4n) is 4.57. The third-order valence-corrected chi connectivity index (χ3v) is 7.52. The van der Waals surface area contributed by atoms with Gasteiger partial charge in [0.1, 0.15) is 23.9 Å². The number of halogens is 4. The zero-order chi connectivity index (χ0) is 22.2. The number of benzene rings is 2. The number of nitrogens with one attached hydrogen (secondary N) is 1.